The molecule has 0 saturated heterocycles. The molecule has 0 radical (unpaired) electrons. The van der Waals surface area contributed by atoms with E-state index in [1.807, 2.05) is 35.0 Å². The Morgan fingerprint density at radius 3 is 2.67 bits per heavy atom. The van der Waals surface area contributed by atoms with Crippen molar-refractivity contribution in [1.29, 1.82) is 0 Å². The second-order valence-electron chi connectivity index (χ2n) is 7.34. The summed E-state index contributed by atoms with van der Waals surface area (Å²) < 4.78 is 0. The maximum absolute atomic E-state index is 12.7. The molecule has 2 amide bonds. The predicted molar refractivity (Wildman–Crippen MR) is 136 cm³/mol. The molecule has 0 aliphatic heterocycles. The molecular formula is C23H22N4O3S3. The number of thioether (sulfide) groups is 1. The highest BCUT2D eigenvalue weighted by atomic mass is 32.2. The fourth-order valence-electron chi connectivity index (χ4n) is 3.29. The molecule has 33 heavy (non-hydrogen) atoms. The molecule has 170 valence electrons. The maximum atomic E-state index is 12.7. The molecule has 0 aliphatic carbocycles. The Labute approximate surface area is 202 Å². The van der Waals surface area contributed by atoms with Crippen molar-refractivity contribution < 1.29 is 9.59 Å². The summed E-state index contributed by atoms with van der Waals surface area (Å²) in [6.07, 6.45) is 0. The molecule has 1 aromatic carbocycles. The zero-order valence-corrected chi connectivity index (χ0v) is 20.5. The van der Waals surface area contributed by atoms with Crippen LogP contribution in [0.5, 0.6) is 0 Å². The quantitative estimate of drug-likeness (QED) is 0.383. The van der Waals surface area contributed by atoms with Gasteiger partial charge in [0.15, 0.2) is 0 Å². The Morgan fingerprint density at radius 2 is 1.97 bits per heavy atom. The van der Waals surface area contributed by atoms with Crippen LogP contribution in [0.15, 0.2) is 52.0 Å². The highest BCUT2D eigenvalue weighted by Crippen LogP contribution is 2.33. The molecule has 4 aromatic rings. The lowest BCUT2D eigenvalue weighted by Crippen LogP contribution is -2.28. The minimum absolute atomic E-state index is 0.0186. The summed E-state index contributed by atoms with van der Waals surface area (Å²) in [5.74, 6) is 1.13. The zero-order chi connectivity index (χ0) is 23.4. The molecule has 3 heterocycles. The average Bonchev–Trinajstić information content (AvgIpc) is 3.49. The van der Waals surface area contributed by atoms with Gasteiger partial charge in [-0.3, -0.25) is 14.4 Å². The lowest BCUT2D eigenvalue weighted by molar-refractivity contribution is -0.127. The second-order valence-corrected chi connectivity index (χ2v) is 10.1. The van der Waals surface area contributed by atoms with Gasteiger partial charge in [-0.1, -0.05) is 18.2 Å². The number of carbonyl (C=O) groups excluding carboxylic acids is 2. The molecule has 0 bridgehead atoms. The van der Waals surface area contributed by atoms with Gasteiger partial charge in [0.2, 0.25) is 5.91 Å². The van der Waals surface area contributed by atoms with E-state index in [0.29, 0.717) is 33.9 Å². The highest BCUT2D eigenvalue weighted by molar-refractivity contribution is 7.99. The van der Waals surface area contributed by atoms with Crippen molar-refractivity contribution in [2.45, 2.75) is 12.3 Å². The summed E-state index contributed by atoms with van der Waals surface area (Å²) in [6, 6.07) is 11.1. The molecule has 4 rings (SSSR count). The summed E-state index contributed by atoms with van der Waals surface area (Å²) >= 11 is 4.46. The first-order valence-electron chi connectivity index (χ1n) is 10.1. The molecule has 10 heteroatoms. The van der Waals surface area contributed by atoms with Crippen LogP contribution in [0.25, 0.3) is 20.7 Å². The van der Waals surface area contributed by atoms with Crippen LogP contribution in [0, 0.1) is 0 Å². The van der Waals surface area contributed by atoms with Crippen molar-refractivity contribution in [3.8, 4) is 10.4 Å². The SMILES string of the molecule is CNC(=O)c1ccc(CN(C)C(=O)CSCc2nc3scc(-c4cccs4)c3c(=O)[nH]2)cc1. The normalized spacial score (nSPS) is 11.0. The van der Waals surface area contributed by atoms with Gasteiger partial charge in [-0.15, -0.1) is 34.4 Å². The van der Waals surface area contributed by atoms with Crippen molar-refractivity contribution in [2.75, 3.05) is 19.8 Å². The van der Waals surface area contributed by atoms with E-state index in [1.54, 1.807) is 42.5 Å². The fraction of sp³-hybridized carbons (Fsp3) is 0.217. The van der Waals surface area contributed by atoms with Gasteiger partial charge < -0.3 is 15.2 Å². The first-order valence-corrected chi connectivity index (χ1v) is 13.0. The van der Waals surface area contributed by atoms with Crippen LogP contribution in [0.1, 0.15) is 21.7 Å². The number of carbonyl (C=O) groups is 2. The number of nitrogens with zero attached hydrogens (tertiary/aromatic N) is 2. The van der Waals surface area contributed by atoms with E-state index in [9.17, 15) is 14.4 Å². The van der Waals surface area contributed by atoms with Gasteiger partial charge in [0, 0.05) is 42.0 Å². The largest absolute Gasteiger partial charge is 0.355 e. The van der Waals surface area contributed by atoms with Crippen LogP contribution in [0.2, 0.25) is 0 Å². The first kappa shape index (κ1) is 23.2. The first-order chi connectivity index (χ1) is 16.0. The van der Waals surface area contributed by atoms with Gasteiger partial charge in [0.1, 0.15) is 10.7 Å². The van der Waals surface area contributed by atoms with E-state index in [-0.39, 0.29) is 23.1 Å². The lowest BCUT2D eigenvalue weighted by atomic mass is 10.1. The molecule has 7 nitrogen and oxygen atoms in total. The van der Waals surface area contributed by atoms with Gasteiger partial charge >= 0.3 is 0 Å². The van der Waals surface area contributed by atoms with E-state index in [2.05, 4.69) is 15.3 Å². The van der Waals surface area contributed by atoms with Crippen molar-refractivity contribution in [3.63, 3.8) is 0 Å². The lowest BCUT2D eigenvalue weighted by Gasteiger charge is -2.17. The van der Waals surface area contributed by atoms with E-state index >= 15 is 0 Å². The molecule has 0 atom stereocenters. The van der Waals surface area contributed by atoms with E-state index in [0.717, 1.165) is 16.0 Å². The summed E-state index contributed by atoms with van der Waals surface area (Å²) in [4.78, 5) is 47.7. The Hall–Kier alpha value is -2.95. The molecule has 3 aromatic heterocycles. The molecule has 0 fully saturated rings. The number of benzene rings is 1. The second kappa shape index (κ2) is 10.3. The summed E-state index contributed by atoms with van der Waals surface area (Å²) in [5.41, 5.74) is 2.29. The van der Waals surface area contributed by atoms with Gasteiger partial charge in [-0.05, 0) is 29.1 Å². The Morgan fingerprint density at radius 1 is 1.18 bits per heavy atom. The average molecular weight is 499 g/mol. The molecule has 0 unspecified atom stereocenters. The molecule has 0 spiro atoms. The standard InChI is InChI=1S/C23H22N4O3S3/c1-24-21(29)15-7-5-14(6-8-15)10-27(2)19(28)13-31-12-18-25-22(30)20-16(11-33-23(20)26-18)17-4-3-9-32-17/h3-9,11H,10,12-13H2,1-2H3,(H,24,29)(H,25,26,30). The minimum Gasteiger partial charge on any atom is -0.355 e. The van der Waals surface area contributed by atoms with Crippen LogP contribution < -0.4 is 10.9 Å². The van der Waals surface area contributed by atoms with Crippen LogP contribution in [0.4, 0.5) is 0 Å². The monoisotopic (exact) mass is 498 g/mol. The summed E-state index contributed by atoms with van der Waals surface area (Å²) in [6.45, 7) is 0.454. The van der Waals surface area contributed by atoms with Gasteiger partial charge in [-0.2, -0.15) is 0 Å². The van der Waals surface area contributed by atoms with Crippen LogP contribution in [-0.4, -0.2) is 46.5 Å². The third kappa shape index (κ3) is 5.35. The molecule has 2 N–H and O–H groups in total. The zero-order valence-electron chi connectivity index (χ0n) is 18.1. The number of nitrogens with one attached hydrogen (secondary N) is 2. The molecule has 0 aliphatic rings. The number of aromatic amines is 1. The Balaban J connectivity index is 1.33. The minimum atomic E-state index is -0.149. The predicted octanol–water partition coefficient (Wildman–Crippen LogP) is 3.96. The summed E-state index contributed by atoms with van der Waals surface area (Å²) in [7, 11) is 3.34. The van der Waals surface area contributed by atoms with E-state index in [1.165, 1.54) is 23.1 Å². The van der Waals surface area contributed by atoms with Crippen LogP contribution >= 0.6 is 34.4 Å². The number of H-pyrrole nitrogens is 1. The smallest absolute Gasteiger partial charge is 0.260 e. The molecular weight excluding hydrogens is 476 g/mol. The van der Waals surface area contributed by atoms with Gasteiger partial charge in [0.05, 0.1) is 16.9 Å². The van der Waals surface area contributed by atoms with Gasteiger partial charge in [0.25, 0.3) is 11.5 Å². The van der Waals surface area contributed by atoms with Crippen molar-refractivity contribution in [1.82, 2.24) is 20.2 Å². The van der Waals surface area contributed by atoms with Crippen molar-refractivity contribution in [2.24, 2.45) is 0 Å². The third-order valence-electron chi connectivity index (χ3n) is 5.03. The number of amides is 2. The van der Waals surface area contributed by atoms with Crippen molar-refractivity contribution in [3.05, 3.63) is 74.5 Å². The van der Waals surface area contributed by atoms with Crippen molar-refractivity contribution >= 4 is 56.5 Å². The number of hydrogen-bond donors (Lipinski definition) is 2. The van der Waals surface area contributed by atoms with Gasteiger partial charge in [-0.25, -0.2) is 4.98 Å². The number of fused-ring (bicyclic) bond motifs is 1. The maximum Gasteiger partial charge on any atom is 0.260 e. The number of thiophene rings is 2. The van der Waals surface area contributed by atoms with Crippen LogP contribution in [0.3, 0.4) is 0 Å². The number of aromatic nitrogens is 2. The summed E-state index contributed by atoms with van der Waals surface area (Å²) in [5, 5.41) is 7.16. The highest BCUT2D eigenvalue weighted by Gasteiger charge is 2.15. The third-order valence-corrected chi connectivity index (χ3v) is 7.74. The Bertz CT molecular complexity index is 1330. The number of hydrogen-bond acceptors (Lipinski definition) is 7. The molecule has 0 saturated carbocycles. The van der Waals surface area contributed by atoms with Crippen LogP contribution in [-0.2, 0) is 17.1 Å². The Kier molecular flexibility index (Phi) is 7.26. The number of rotatable bonds is 8. The van der Waals surface area contributed by atoms with E-state index < -0.39 is 0 Å². The fourth-order valence-corrected chi connectivity index (χ4v) is 5.90. The topological polar surface area (TPSA) is 95.2 Å². The van der Waals surface area contributed by atoms with E-state index in [4.69, 9.17) is 0 Å².